The number of phenolic OH excluding ortho intramolecular Hbond substituents is 1. The van der Waals surface area contributed by atoms with Crippen LogP contribution in [0, 0.1) is 0 Å². The maximum atomic E-state index is 9.71. The van der Waals surface area contributed by atoms with Gasteiger partial charge in [-0.2, -0.15) is 0 Å². The zero-order valence-electron chi connectivity index (χ0n) is 10.8. The van der Waals surface area contributed by atoms with Gasteiger partial charge in [0.1, 0.15) is 10.8 Å². The Balaban J connectivity index is 2.19. The van der Waals surface area contributed by atoms with E-state index in [1.807, 2.05) is 30.5 Å². The lowest BCUT2D eigenvalue weighted by Crippen LogP contribution is -2.11. The summed E-state index contributed by atoms with van der Waals surface area (Å²) in [6.45, 7) is 6.50. The Morgan fingerprint density at radius 3 is 2.33 bits per heavy atom. The van der Waals surface area contributed by atoms with E-state index in [9.17, 15) is 5.11 Å². The largest absolute Gasteiger partial charge is 0.507 e. The number of rotatable bonds is 2. The molecule has 2 aromatic rings. The first kappa shape index (κ1) is 13.0. The summed E-state index contributed by atoms with van der Waals surface area (Å²) in [7, 11) is 0. The highest BCUT2D eigenvalue weighted by atomic mass is 32.2. The molecule has 0 spiro atoms. The summed E-state index contributed by atoms with van der Waals surface area (Å²) in [4.78, 5) is 5.26. The fourth-order valence-corrected chi connectivity index (χ4v) is 2.33. The Bertz CT molecular complexity index is 529. The van der Waals surface area contributed by atoms with Crippen molar-refractivity contribution >= 4 is 11.8 Å². The molecule has 1 aromatic carbocycles. The van der Waals surface area contributed by atoms with Crippen molar-refractivity contribution in [1.82, 2.24) is 4.98 Å². The second kappa shape index (κ2) is 5.02. The zero-order chi connectivity index (χ0) is 13.2. The van der Waals surface area contributed by atoms with Crippen LogP contribution in [0.1, 0.15) is 26.3 Å². The summed E-state index contributed by atoms with van der Waals surface area (Å²) < 4.78 is 0. The van der Waals surface area contributed by atoms with Crippen LogP contribution in [0.3, 0.4) is 0 Å². The molecule has 1 N–H and O–H groups in total. The van der Waals surface area contributed by atoms with E-state index in [1.54, 1.807) is 6.07 Å². The minimum Gasteiger partial charge on any atom is -0.507 e. The number of aromatic nitrogens is 1. The smallest absolute Gasteiger partial charge is 0.129 e. The molecule has 0 saturated carbocycles. The molecule has 1 aromatic heterocycles. The maximum absolute atomic E-state index is 9.71. The van der Waals surface area contributed by atoms with Gasteiger partial charge in [0.15, 0.2) is 0 Å². The van der Waals surface area contributed by atoms with Crippen molar-refractivity contribution in [2.75, 3.05) is 0 Å². The monoisotopic (exact) mass is 259 g/mol. The Labute approximate surface area is 112 Å². The van der Waals surface area contributed by atoms with E-state index in [4.69, 9.17) is 0 Å². The van der Waals surface area contributed by atoms with Crippen LogP contribution in [-0.2, 0) is 5.41 Å². The van der Waals surface area contributed by atoms with E-state index >= 15 is 0 Å². The second-order valence-corrected chi connectivity index (χ2v) is 6.27. The Morgan fingerprint density at radius 2 is 1.78 bits per heavy atom. The van der Waals surface area contributed by atoms with E-state index in [0.29, 0.717) is 5.75 Å². The van der Waals surface area contributed by atoms with Crippen molar-refractivity contribution in [2.24, 2.45) is 0 Å². The highest BCUT2D eigenvalue weighted by Gasteiger charge is 2.14. The fourth-order valence-electron chi connectivity index (χ4n) is 1.54. The molecule has 0 radical (unpaired) electrons. The van der Waals surface area contributed by atoms with Gasteiger partial charge in [-0.15, -0.1) is 0 Å². The molecule has 18 heavy (non-hydrogen) atoms. The molecule has 2 rings (SSSR count). The van der Waals surface area contributed by atoms with Gasteiger partial charge in [-0.25, -0.2) is 4.98 Å². The molecule has 0 aliphatic rings. The predicted molar refractivity (Wildman–Crippen MR) is 75.2 cm³/mol. The number of benzene rings is 1. The lowest BCUT2D eigenvalue weighted by Gasteiger charge is -2.18. The molecule has 0 atom stereocenters. The van der Waals surface area contributed by atoms with Crippen LogP contribution < -0.4 is 0 Å². The molecular formula is C15H17NOS. The molecule has 3 heteroatoms. The van der Waals surface area contributed by atoms with Crippen molar-refractivity contribution < 1.29 is 5.11 Å². The van der Waals surface area contributed by atoms with E-state index < -0.39 is 0 Å². The molecule has 0 amide bonds. The quantitative estimate of drug-likeness (QED) is 0.876. The third-order valence-electron chi connectivity index (χ3n) is 2.68. The third kappa shape index (κ3) is 3.05. The van der Waals surface area contributed by atoms with E-state index in [1.165, 1.54) is 17.3 Å². The molecule has 2 nitrogen and oxygen atoms in total. The van der Waals surface area contributed by atoms with Crippen molar-refractivity contribution in [3.63, 3.8) is 0 Å². The van der Waals surface area contributed by atoms with Gasteiger partial charge >= 0.3 is 0 Å². The maximum Gasteiger partial charge on any atom is 0.129 e. The average molecular weight is 259 g/mol. The summed E-state index contributed by atoms with van der Waals surface area (Å²) in [6.07, 6.45) is 1.91. The topological polar surface area (TPSA) is 33.1 Å². The fraction of sp³-hybridized carbons (Fsp3) is 0.267. The Morgan fingerprint density at radius 1 is 1.06 bits per heavy atom. The summed E-state index contributed by atoms with van der Waals surface area (Å²) in [5.74, 6) is 0.296. The van der Waals surface area contributed by atoms with Gasteiger partial charge in [-0.05, 0) is 29.2 Å². The van der Waals surface area contributed by atoms with E-state index in [-0.39, 0.29) is 5.41 Å². The summed E-state index contributed by atoms with van der Waals surface area (Å²) >= 11 is 1.47. The number of hydrogen-bond donors (Lipinski definition) is 1. The van der Waals surface area contributed by atoms with Crippen molar-refractivity contribution in [3.8, 4) is 5.75 Å². The standard InChI is InChI=1S/C15H17NOS/c1-15(2,3)11-8-9-14(16-10-11)18-13-7-5-4-6-12(13)17/h4-10,17H,1-3H3. The van der Waals surface area contributed by atoms with E-state index in [0.717, 1.165) is 9.92 Å². The van der Waals surface area contributed by atoms with Crippen LogP contribution in [0.2, 0.25) is 0 Å². The third-order valence-corrected chi connectivity index (χ3v) is 3.70. The lowest BCUT2D eigenvalue weighted by atomic mass is 9.88. The Hall–Kier alpha value is -1.48. The normalized spacial score (nSPS) is 11.5. The molecule has 94 valence electrons. The molecule has 0 fully saturated rings. The molecule has 1 heterocycles. The number of nitrogens with zero attached hydrogens (tertiary/aromatic N) is 1. The summed E-state index contributed by atoms with van der Waals surface area (Å²) in [6, 6.07) is 11.4. The first-order valence-electron chi connectivity index (χ1n) is 5.89. The Kier molecular flexibility index (Phi) is 3.62. The second-order valence-electron chi connectivity index (χ2n) is 5.20. The molecule has 0 unspecified atom stereocenters. The average Bonchev–Trinajstić information content (AvgIpc) is 2.32. The van der Waals surface area contributed by atoms with Crippen LogP contribution in [0.5, 0.6) is 5.75 Å². The number of para-hydroxylation sites is 1. The van der Waals surface area contributed by atoms with E-state index in [2.05, 4.69) is 31.8 Å². The van der Waals surface area contributed by atoms with Crippen LogP contribution in [0.4, 0.5) is 0 Å². The van der Waals surface area contributed by atoms with Crippen molar-refractivity contribution in [2.45, 2.75) is 36.1 Å². The molecule has 0 aliphatic carbocycles. The summed E-state index contributed by atoms with van der Waals surface area (Å²) in [5.41, 5.74) is 1.33. The highest BCUT2D eigenvalue weighted by Crippen LogP contribution is 2.33. The summed E-state index contributed by atoms with van der Waals surface area (Å²) in [5, 5.41) is 10.6. The van der Waals surface area contributed by atoms with Crippen LogP contribution in [0.25, 0.3) is 0 Å². The van der Waals surface area contributed by atoms with Gasteiger partial charge in [-0.3, -0.25) is 0 Å². The number of aromatic hydroxyl groups is 1. The highest BCUT2D eigenvalue weighted by molar-refractivity contribution is 7.99. The number of hydrogen-bond acceptors (Lipinski definition) is 3. The first-order chi connectivity index (χ1) is 8.47. The minimum atomic E-state index is 0.116. The number of phenols is 1. The van der Waals surface area contributed by atoms with Crippen molar-refractivity contribution in [1.29, 1.82) is 0 Å². The predicted octanol–water partition coefficient (Wildman–Crippen LogP) is 4.24. The van der Waals surface area contributed by atoms with Gasteiger partial charge in [0, 0.05) is 6.20 Å². The molecule has 0 saturated heterocycles. The minimum absolute atomic E-state index is 0.116. The molecular weight excluding hydrogens is 242 g/mol. The van der Waals surface area contributed by atoms with Crippen molar-refractivity contribution in [3.05, 3.63) is 48.2 Å². The van der Waals surface area contributed by atoms with Crippen LogP contribution >= 0.6 is 11.8 Å². The van der Waals surface area contributed by atoms with Gasteiger partial charge in [0.05, 0.1) is 4.90 Å². The molecule has 0 aliphatic heterocycles. The van der Waals surface area contributed by atoms with Gasteiger partial charge in [-0.1, -0.05) is 50.7 Å². The lowest BCUT2D eigenvalue weighted by molar-refractivity contribution is 0.462. The van der Waals surface area contributed by atoms with Gasteiger partial charge in [0.2, 0.25) is 0 Å². The SMILES string of the molecule is CC(C)(C)c1ccc(Sc2ccccc2O)nc1. The first-order valence-corrected chi connectivity index (χ1v) is 6.71. The molecule has 0 bridgehead atoms. The van der Waals surface area contributed by atoms with Crippen LogP contribution in [-0.4, -0.2) is 10.1 Å². The number of pyridine rings is 1. The van der Waals surface area contributed by atoms with Gasteiger partial charge in [0.25, 0.3) is 0 Å². The zero-order valence-corrected chi connectivity index (χ0v) is 11.7. The van der Waals surface area contributed by atoms with Crippen LogP contribution in [0.15, 0.2) is 52.5 Å². The van der Waals surface area contributed by atoms with Gasteiger partial charge < -0.3 is 5.11 Å².